The van der Waals surface area contributed by atoms with Crippen LogP contribution in [0, 0.1) is 0 Å². The monoisotopic (exact) mass is 396 g/mol. The van der Waals surface area contributed by atoms with Gasteiger partial charge in [-0.25, -0.2) is 0 Å². The second-order valence-electron chi connectivity index (χ2n) is 7.02. The van der Waals surface area contributed by atoms with E-state index >= 15 is 0 Å². The van der Waals surface area contributed by atoms with Crippen LogP contribution in [0.2, 0.25) is 0 Å². The van der Waals surface area contributed by atoms with Gasteiger partial charge >= 0.3 is 5.97 Å². The topological polar surface area (TPSA) is 105 Å². The lowest BCUT2D eigenvalue weighted by Crippen LogP contribution is -2.30. The minimum atomic E-state index is -1.09. The van der Waals surface area contributed by atoms with E-state index in [1.165, 1.54) is 24.0 Å². The molecule has 152 valence electrons. The molecule has 1 aliphatic rings. The van der Waals surface area contributed by atoms with Crippen LogP contribution in [0.3, 0.4) is 0 Å². The molecule has 0 saturated heterocycles. The molecule has 0 spiro atoms. The Labute approximate surface area is 169 Å². The number of carboxylic acid groups (broad SMARTS) is 1. The summed E-state index contributed by atoms with van der Waals surface area (Å²) in [6.45, 7) is -0.491. The number of hydrogen-bond donors (Lipinski definition) is 3. The summed E-state index contributed by atoms with van der Waals surface area (Å²) >= 11 is 0. The maximum absolute atomic E-state index is 12.1. The van der Waals surface area contributed by atoms with Gasteiger partial charge in [0.05, 0.1) is 6.42 Å². The lowest BCUT2D eigenvalue weighted by atomic mass is 9.92. The van der Waals surface area contributed by atoms with Gasteiger partial charge in [-0.15, -0.1) is 0 Å². The summed E-state index contributed by atoms with van der Waals surface area (Å²) in [5.41, 5.74) is 3.98. The van der Waals surface area contributed by atoms with E-state index in [0.29, 0.717) is 11.4 Å². The molecule has 0 bridgehead atoms. The standard InChI is InChI=1S/C22H24N2O5/c25-20(23-13-22(27)28)11-15-5-8-18(9-6-15)24-21(26)14-29-19-10-7-16-3-1-2-4-17(16)12-19/h5-10,12H,1-4,11,13-14H2,(H,23,25)(H,24,26)(H,27,28). The van der Waals surface area contributed by atoms with Crippen molar-refractivity contribution in [3.63, 3.8) is 0 Å². The van der Waals surface area contributed by atoms with Crippen LogP contribution >= 0.6 is 0 Å². The van der Waals surface area contributed by atoms with E-state index < -0.39 is 12.5 Å². The highest BCUT2D eigenvalue weighted by molar-refractivity contribution is 5.92. The number of hydrogen-bond acceptors (Lipinski definition) is 4. The number of amides is 2. The molecule has 7 nitrogen and oxygen atoms in total. The molecule has 7 heteroatoms. The Morgan fingerprint density at radius 1 is 0.931 bits per heavy atom. The molecule has 0 fully saturated rings. The highest BCUT2D eigenvalue weighted by atomic mass is 16.5. The fraction of sp³-hybridized carbons (Fsp3) is 0.318. The summed E-state index contributed by atoms with van der Waals surface area (Å²) in [7, 11) is 0. The largest absolute Gasteiger partial charge is 0.484 e. The van der Waals surface area contributed by atoms with Crippen LogP contribution in [0.25, 0.3) is 0 Å². The quantitative estimate of drug-likeness (QED) is 0.635. The zero-order valence-corrected chi connectivity index (χ0v) is 16.1. The van der Waals surface area contributed by atoms with Crippen molar-refractivity contribution < 1.29 is 24.2 Å². The molecule has 2 aromatic carbocycles. The number of ether oxygens (including phenoxy) is 1. The van der Waals surface area contributed by atoms with Gasteiger partial charge in [0.15, 0.2) is 6.61 Å². The van der Waals surface area contributed by atoms with E-state index in [-0.39, 0.29) is 24.8 Å². The third-order valence-corrected chi connectivity index (χ3v) is 4.73. The number of fused-ring (bicyclic) bond motifs is 1. The van der Waals surface area contributed by atoms with Gasteiger partial charge in [0.25, 0.3) is 5.91 Å². The fourth-order valence-electron chi connectivity index (χ4n) is 3.27. The Morgan fingerprint density at radius 2 is 1.66 bits per heavy atom. The first-order chi connectivity index (χ1) is 14.0. The normalized spacial score (nSPS) is 12.6. The predicted octanol–water partition coefficient (Wildman–Crippen LogP) is 2.33. The molecule has 0 saturated carbocycles. The number of nitrogens with one attached hydrogen (secondary N) is 2. The van der Waals surface area contributed by atoms with Crippen molar-refractivity contribution >= 4 is 23.5 Å². The van der Waals surface area contributed by atoms with Gasteiger partial charge in [-0.1, -0.05) is 18.2 Å². The Morgan fingerprint density at radius 3 is 2.38 bits per heavy atom. The van der Waals surface area contributed by atoms with Crippen LogP contribution in [0.4, 0.5) is 5.69 Å². The number of carboxylic acids is 1. The summed E-state index contributed by atoms with van der Waals surface area (Å²) in [6.07, 6.45) is 4.64. The number of aryl methyl sites for hydroxylation is 2. The third kappa shape index (κ3) is 6.34. The highest BCUT2D eigenvalue weighted by Crippen LogP contribution is 2.25. The third-order valence-electron chi connectivity index (χ3n) is 4.73. The number of carbonyl (C=O) groups excluding carboxylic acids is 2. The number of benzene rings is 2. The van der Waals surface area contributed by atoms with Gasteiger partial charge < -0.3 is 20.5 Å². The summed E-state index contributed by atoms with van der Waals surface area (Å²) in [5, 5.41) is 13.6. The van der Waals surface area contributed by atoms with Gasteiger partial charge in [-0.05, 0) is 66.6 Å². The van der Waals surface area contributed by atoms with Crippen molar-refractivity contribution in [1.29, 1.82) is 0 Å². The first-order valence-corrected chi connectivity index (χ1v) is 9.61. The first-order valence-electron chi connectivity index (χ1n) is 9.61. The van der Waals surface area contributed by atoms with E-state index in [0.717, 1.165) is 18.4 Å². The van der Waals surface area contributed by atoms with Crippen LogP contribution in [0.5, 0.6) is 5.75 Å². The molecule has 0 aliphatic heterocycles. The van der Waals surface area contributed by atoms with E-state index in [1.807, 2.05) is 12.1 Å². The Balaban J connectivity index is 1.45. The molecule has 3 N–H and O–H groups in total. The van der Waals surface area contributed by atoms with Crippen LogP contribution in [-0.4, -0.2) is 36.0 Å². The molecule has 1 aliphatic carbocycles. The maximum Gasteiger partial charge on any atom is 0.322 e. The van der Waals surface area contributed by atoms with E-state index in [4.69, 9.17) is 9.84 Å². The average molecular weight is 396 g/mol. The lowest BCUT2D eigenvalue weighted by molar-refractivity contribution is -0.137. The molecular weight excluding hydrogens is 372 g/mol. The second-order valence-corrected chi connectivity index (χ2v) is 7.02. The lowest BCUT2D eigenvalue weighted by Gasteiger charge is -2.16. The van der Waals surface area contributed by atoms with Crippen molar-refractivity contribution in [2.45, 2.75) is 32.1 Å². The van der Waals surface area contributed by atoms with E-state index in [2.05, 4.69) is 16.7 Å². The number of rotatable bonds is 8. The van der Waals surface area contributed by atoms with Crippen molar-refractivity contribution in [2.75, 3.05) is 18.5 Å². The number of carbonyl (C=O) groups is 3. The second kappa shape index (κ2) is 9.73. The summed E-state index contributed by atoms with van der Waals surface area (Å²) in [5.74, 6) is -1.03. The average Bonchev–Trinajstić information content (AvgIpc) is 2.72. The van der Waals surface area contributed by atoms with Gasteiger partial charge in [0.2, 0.25) is 5.91 Å². The van der Waals surface area contributed by atoms with Crippen LogP contribution in [-0.2, 0) is 33.6 Å². The molecule has 0 atom stereocenters. The zero-order chi connectivity index (χ0) is 20.6. The smallest absolute Gasteiger partial charge is 0.322 e. The van der Waals surface area contributed by atoms with Crippen molar-refractivity contribution in [3.05, 3.63) is 59.2 Å². The molecule has 2 aromatic rings. The summed E-state index contributed by atoms with van der Waals surface area (Å²) in [4.78, 5) is 34.2. The van der Waals surface area contributed by atoms with Gasteiger partial charge in [-0.2, -0.15) is 0 Å². The first kappa shape index (κ1) is 20.4. The molecule has 0 aromatic heterocycles. The Bertz CT molecular complexity index is 893. The van der Waals surface area contributed by atoms with Crippen LogP contribution in [0.15, 0.2) is 42.5 Å². The molecule has 0 radical (unpaired) electrons. The maximum atomic E-state index is 12.1. The SMILES string of the molecule is O=C(O)CNC(=O)Cc1ccc(NC(=O)COc2ccc3c(c2)CCCC3)cc1. The molecule has 0 unspecified atom stereocenters. The zero-order valence-electron chi connectivity index (χ0n) is 16.1. The Hall–Kier alpha value is -3.35. The minimum Gasteiger partial charge on any atom is -0.484 e. The van der Waals surface area contributed by atoms with Crippen molar-refractivity contribution in [2.24, 2.45) is 0 Å². The minimum absolute atomic E-state index is 0.0724. The van der Waals surface area contributed by atoms with Crippen molar-refractivity contribution in [3.8, 4) is 5.75 Å². The highest BCUT2D eigenvalue weighted by Gasteiger charge is 2.11. The van der Waals surface area contributed by atoms with E-state index in [9.17, 15) is 14.4 Å². The Kier molecular flexibility index (Phi) is 6.84. The number of aliphatic carboxylic acids is 1. The van der Waals surface area contributed by atoms with Gasteiger partial charge in [0, 0.05) is 5.69 Å². The van der Waals surface area contributed by atoms with Gasteiger partial charge in [-0.3, -0.25) is 14.4 Å². The summed E-state index contributed by atoms with van der Waals surface area (Å²) < 4.78 is 5.62. The molecule has 0 heterocycles. The molecule has 2 amide bonds. The molecular formula is C22H24N2O5. The van der Waals surface area contributed by atoms with Crippen LogP contribution in [0.1, 0.15) is 29.5 Å². The van der Waals surface area contributed by atoms with Crippen molar-refractivity contribution in [1.82, 2.24) is 5.32 Å². The number of anilines is 1. The van der Waals surface area contributed by atoms with Crippen LogP contribution < -0.4 is 15.4 Å². The predicted molar refractivity (Wildman–Crippen MR) is 108 cm³/mol. The summed E-state index contributed by atoms with van der Waals surface area (Å²) in [6, 6.07) is 12.8. The van der Waals surface area contributed by atoms with Gasteiger partial charge in [0.1, 0.15) is 12.3 Å². The van der Waals surface area contributed by atoms with E-state index in [1.54, 1.807) is 24.3 Å². The fourth-order valence-corrected chi connectivity index (χ4v) is 3.27. The molecule has 3 rings (SSSR count). The molecule has 29 heavy (non-hydrogen) atoms.